The number of amidine groups is 1. The van der Waals surface area contributed by atoms with Gasteiger partial charge in [-0.05, 0) is 57.0 Å². The fraction of sp³-hybridized carbons (Fsp3) is 0.364. The number of hydrogen-bond acceptors (Lipinski definition) is 7. The molecular weight excluding hydrogens is 380 g/mol. The van der Waals surface area contributed by atoms with Gasteiger partial charge in [-0.15, -0.1) is 0 Å². The van der Waals surface area contributed by atoms with E-state index in [4.69, 9.17) is 20.9 Å². The average molecular weight is 409 g/mol. The number of ether oxygens (including phenoxy) is 1. The second-order valence-corrected chi connectivity index (χ2v) is 7.84. The number of benzene rings is 2. The Morgan fingerprint density at radius 2 is 2.03 bits per heavy atom. The van der Waals surface area contributed by atoms with Gasteiger partial charge in [-0.1, -0.05) is 17.3 Å². The number of nitrogens with zero attached hydrogens (tertiary/aromatic N) is 3. The molecule has 0 saturated carbocycles. The molecular formula is C22H28N6O2. The van der Waals surface area contributed by atoms with Crippen molar-refractivity contribution < 1.29 is 9.26 Å². The van der Waals surface area contributed by atoms with Gasteiger partial charge in [0, 0.05) is 30.3 Å². The molecule has 0 radical (unpaired) electrons. The Hall–Kier alpha value is -3.10. The molecule has 0 amide bonds. The third-order valence-corrected chi connectivity index (χ3v) is 5.62. The molecule has 4 rings (SSSR count). The van der Waals surface area contributed by atoms with Crippen LogP contribution >= 0.6 is 0 Å². The summed E-state index contributed by atoms with van der Waals surface area (Å²) in [5.74, 6) is 12.8. The van der Waals surface area contributed by atoms with Crippen molar-refractivity contribution in [2.75, 3.05) is 13.1 Å². The fourth-order valence-electron chi connectivity index (χ4n) is 3.91. The molecule has 158 valence electrons. The summed E-state index contributed by atoms with van der Waals surface area (Å²) in [6.45, 7) is 6.61. The summed E-state index contributed by atoms with van der Waals surface area (Å²) < 4.78 is 11.9. The monoisotopic (exact) mass is 408 g/mol. The maximum absolute atomic E-state index is 6.28. The summed E-state index contributed by atoms with van der Waals surface area (Å²) in [4.78, 5) is 2.49. The highest BCUT2D eigenvalue weighted by atomic mass is 16.5. The first-order chi connectivity index (χ1) is 14.6. The third kappa shape index (κ3) is 4.10. The predicted molar refractivity (Wildman–Crippen MR) is 118 cm³/mol. The summed E-state index contributed by atoms with van der Waals surface area (Å²) in [5.41, 5.74) is 4.90. The number of likely N-dealkylation sites (tertiary alicyclic amines) is 1. The van der Waals surface area contributed by atoms with Gasteiger partial charge in [0.05, 0.1) is 5.39 Å². The quantitative estimate of drug-likeness (QED) is 0.257. The second-order valence-electron chi connectivity index (χ2n) is 7.84. The summed E-state index contributed by atoms with van der Waals surface area (Å²) >= 11 is 0. The fourth-order valence-corrected chi connectivity index (χ4v) is 3.91. The Morgan fingerprint density at radius 3 is 2.73 bits per heavy atom. The van der Waals surface area contributed by atoms with Crippen molar-refractivity contribution in [2.24, 2.45) is 16.8 Å². The van der Waals surface area contributed by atoms with Gasteiger partial charge in [-0.2, -0.15) is 5.10 Å². The maximum atomic E-state index is 6.28. The highest BCUT2D eigenvalue weighted by Crippen LogP contribution is 2.32. The minimum Gasteiger partial charge on any atom is -0.490 e. The first kappa shape index (κ1) is 20.2. The van der Waals surface area contributed by atoms with Gasteiger partial charge in [0.2, 0.25) is 0 Å². The second kappa shape index (κ2) is 8.73. The van der Waals surface area contributed by atoms with Crippen LogP contribution in [0.15, 0.2) is 52.1 Å². The van der Waals surface area contributed by atoms with Crippen LogP contribution in [0.5, 0.6) is 5.75 Å². The molecule has 1 aliphatic rings. The predicted octanol–water partition coefficient (Wildman–Crippen LogP) is 2.83. The van der Waals surface area contributed by atoms with Gasteiger partial charge in [-0.3, -0.25) is 0 Å². The van der Waals surface area contributed by atoms with Gasteiger partial charge >= 0.3 is 0 Å². The molecule has 2 heterocycles. The lowest BCUT2D eigenvalue weighted by atomic mass is 10.0. The molecule has 0 bridgehead atoms. The maximum Gasteiger partial charge on any atom is 0.174 e. The summed E-state index contributed by atoms with van der Waals surface area (Å²) in [5, 5.41) is 8.70. The molecule has 1 fully saturated rings. The molecule has 1 aromatic heterocycles. The Balaban J connectivity index is 1.57. The third-order valence-electron chi connectivity index (χ3n) is 5.62. The smallest absolute Gasteiger partial charge is 0.174 e. The number of hydrazine groups is 1. The SMILES string of the molecule is CC(C)N1CCC(Oc2cccc(-c3onc4ccc(/C(=N/N)NN)cc34)c2)CC1. The van der Waals surface area contributed by atoms with Crippen molar-refractivity contribution in [1.29, 1.82) is 0 Å². The standard InChI is InChI=1S/C22H28N6O2/c1-14(2)28-10-8-17(9-11-28)29-18-5-3-4-15(12-18)21-19-13-16(22(25-23)26-24)6-7-20(19)27-30-21/h3-7,12-14,17H,8-11,23-24H2,1-2H3,(H,25,26). The Kier molecular flexibility index (Phi) is 5.87. The van der Waals surface area contributed by atoms with E-state index in [1.807, 2.05) is 42.5 Å². The number of hydrogen-bond donors (Lipinski definition) is 3. The molecule has 8 heteroatoms. The number of fused-ring (bicyclic) bond motifs is 1. The van der Waals surface area contributed by atoms with Crippen LogP contribution in [-0.2, 0) is 0 Å². The van der Waals surface area contributed by atoms with E-state index in [-0.39, 0.29) is 6.10 Å². The Morgan fingerprint density at radius 1 is 1.23 bits per heavy atom. The number of nitrogens with one attached hydrogen (secondary N) is 1. The zero-order valence-electron chi connectivity index (χ0n) is 17.3. The average Bonchev–Trinajstić information content (AvgIpc) is 3.19. The molecule has 0 atom stereocenters. The van der Waals surface area contributed by atoms with Crippen LogP contribution in [0.25, 0.3) is 22.2 Å². The molecule has 3 aromatic rings. The molecule has 5 N–H and O–H groups in total. The number of piperidine rings is 1. The zero-order valence-corrected chi connectivity index (χ0v) is 17.3. The van der Waals surface area contributed by atoms with Gasteiger partial charge in [0.1, 0.15) is 17.4 Å². The van der Waals surface area contributed by atoms with Crippen LogP contribution in [0.4, 0.5) is 0 Å². The van der Waals surface area contributed by atoms with E-state index < -0.39 is 0 Å². The van der Waals surface area contributed by atoms with Crippen LogP contribution in [0, 0.1) is 0 Å². The van der Waals surface area contributed by atoms with E-state index >= 15 is 0 Å². The highest BCUT2D eigenvalue weighted by Gasteiger charge is 2.22. The van der Waals surface area contributed by atoms with Crippen molar-refractivity contribution in [3.05, 3.63) is 48.0 Å². The van der Waals surface area contributed by atoms with Gasteiger partial charge in [-0.25, -0.2) is 5.84 Å². The first-order valence-corrected chi connectivity index (χ1v) is 10.2. The van der Waals surface area contributed by atoms with E-state index in [0.29, 0.717) is 17.6 Å². The van der Waals surface area contributed by atoms with E-state index in [1.165, 1.54) is 0 Å². The molecule has 0 spiro atoms. The van der Waals surface area contributed by atoms with E-state index in [0.717, 1.165) is 53.7 Å². The van der Waals surface area contributed by atoms with Crippen molar-refractivity contribution in [3.8, 4) is 17.1 Å². The Labute approximate surface area is 175 Å². The molecule has 0 unspecified atom stereocenters. The minimum absolute atomic E-state index is 0.229. The van der Waals surface area contributed by atoms with Gasteiger partial charge in [0.25, 0.3) is 0 Å². The molecule has 8 nitrogen and oxygen atoms in total. The van der Waals surface area contributed by atoms with Crippen LogP contribution < -0.4 is 21.8 Å². The summed E-state index contributed by atoms with van der Waals surface area (Å²) in [6.07, 6.45) is 2.29. The number of hydrazone groups is 1. The van der Waals surface area contributed by atoms with Gasteiger partial charge in [0.15, 0.2) is 11.6 Å². The van der Waals surface area contributed by atoms with Crippen molar-refractivity contribution in [3.63, 3.8) is 0 Å². The van der Waals surface area contributed by atoms with Crippen LogP contribution in [0.1, 0.15) is 32.3 Å². The minimum atomic E-state index is 0.229. The Bertz CT molecular complexity index is 1040. The molecule has 30 heavy (non-hydrogen) atoms. The van der Waals surface area contributed by atoms with Crippen molar-refractivity contribution in [1.82, 2.24) is 15.5 Å². The molecule has 1 saturated heterocycles. The summed E-state index contributed by atoms with van der Waals surface area (Å²) in [7, 11) is 0. The zero-order chi connectivity index (χ0) is 21.1. The normalized spacial score (nSPS) is 16.3. The lowest BCUT2D eigenvalue weighted by Gasteiger charge is -2.34. The van der Waals surface area contributed by atoms with Crippen LogP contribution in [0.2, 0.25) is 0 Å². The van der Waals surface area contributed by atoms with Crippen molar-refractivity contribution in [2.45, 2.75) is 38.8 Å². The number of nitrogens with two attached hydrogens (primary N) is 2. The van der Waals surface area contributed by atoms with E-state index in [2.05, 4.69) is 34.4 Å². The van der Waals surface area contributed by atoms with E-state index in [9.17, 15) is 0 Å². The molecule has 1 aliphatic heterocycles. The molecule has 2 aromatic carbocycles. The van der Waals surface area contributed by atoms with Crippen molar-refractivity contribution >= 4 is 16.7 Å². The largest absolute Gasteiger partial charge is 0.490 e. The van der Waals surface area contributed by atoms with Gasteiger partial charge < -0.3 is 25.4 Å². The highest BCUT2D eigenvalue weighted by molar-refractivity contribution is 6.03. The lowest BCUT2D eigenvalue weighted by molar-refractivity contribution is 0.0843. The molecule has 0 aliphatic carbocycles. The van der Waals surface area contributed by atoms with Crippen LogP contribution in [-0.4, -0.2) is 41.1 Å². The van der Waals surface area contributed by atoms with Crippen LogP contribution in [0.3, 0.4) is 0 Å². The number of rotatable bonds is 5. The topological polar surface area (TPSA) is 115 Å². The first-order valence-electron chi connectivity index (χ1n) is 10.2. The summed E-state index contributed by atoms with van der Waals surface area (Å²) in [6, 6.07) is 14.1. The van der Waals surface area contributed by atoms with E-state index in [1.54, 1.807) is 0 Å². The lowest BCUT2D eigenvalue weighted by Crippen LogP contribution is -2.41. The number of aromatic nitrogens is 1.